The predicted molar refractivity (Wildman–Crippen MR) is 109 cm³/mol. The van der Waals surface area contributed by atoms with Crippen LogP contribution in [0.2, 0.25) is 0 Å². The smallest absolute Gasteiger partial charge is 0.395 e. The van der Waals surface area contributed by atoms with Crippen LogP contribution in [0.3, 0.4) is 0 Å². The van der Waals surface area contributed by atoms with Gasteiger partial charge in [-0.2, -0.15) is 24.9 Å². The Hall–Kier alpha value is -1.44. The number of rotatable bonds is 9. The third-order valence-electron chi connectivity index (χ3n) is 4.57. The molecular formula is C20H23ClF3NO2S. The summed E-state index contributed by atoms with van der Waals surface area (Å²) < 4.78 is 40.6. The fourth-order valence-corrected chi connectivity index (χ4v) is 4.25. The molecule has 28 heavy (non-hydrogen) atoms. The largest absolute Gasteiger partial charge is 0.480 e. The maximum absolute atomic E-state index is 13.5. The number of halogens is 4. The van der Waals surface area contributed by atoms with Crippen LogP contribution in [0, 0.1) is 0 Å². The van der Waals surface area contributed by atoms with Crippen LogP contribution in [0.4, 0.5) is 13.2 Å². The molecule has 1 aromatic rings. The maximum atomic E-state index is 13.5. The molecule has 0 aromatic heterocycles. The molecule has 3 nitrogen and oxygen atoms in total. The molecule has 2 atom stereocenters. The molecule has 154 valence electrons. The van der Waals surface area contributed by atoms with Crippen molar-refractivity contribution in [3.05, 3.63) is 52.6 Å². The minimum atomic E-state index is -4.35. The average molecular weight is 434 g/mol. The molecule has 0 heterocycles. The van der Waals surface area contributed by atoms with Gasteiger partial charge in [0, 0.05) is 5.03 Å². The number of carboxylic acids is 1. The van der Waals surface area contributed by atoms with E-state index in [0.29, 0.717) is 5.75 Å². The lowest BCUT2D eigenvalue weighted by Gasteiger charge is -2.21. The highest BCUT2D eigenvalue weighted by Crippen LogP contribution is 2.39. The predicted octanol–water partition coefficient (Wildman–Crippen LogP) is 5.56. The first-order valence-electron chi connectivity index (χ1n) is 8.98. The number of alkyl halides is 3. The van der Waals surface area contributed by atoms with E-state index in [9.17, 15) is 18.0 Å². The van der Waals surface area contributed by atoms with E-state index in [-0.39, 0.29) is 24.2 Å². The third kappa shape index (κ3) is 6.57. The van der Waals surface area contributed by atoms with Crippen LogP contribution < -0.4 is 5.73 Å². The second-order valence-electron chi connectivity index (χ2n) is 6.61. The maximum Gasteiger partial charge on any atom is 0.395 e. The Labute approximate surface area is 171 Å². The van der Waals surface area contributed by atoms with Crippen molar-refractivity contribution in [2.24, 2.45) is 5.73 Å². The van der Waals surface area contributed by atoms with Gasteiger partial charge in [0.05, 0.1) is 5.92 Å². The molecule has 0 spiro atoms. The summed E-state index contributed by atoms with van der Waals surface area (Å²) in [5.41, 5.74) is 7.27. The first-order chi connectivity index (χ1) is 13.2. The number of hydrogen-bond acceptors (Lipinski definition) is 3. The van der Waals surface area contributed by atoms with Gasteiger partial charge in [0.15, 0.2) is 0 Å². The summed E-state index contributed by atoms with van der Waals surface area (Å²) in [6, 6.07) is 5.41. The van der Waals surface area contributed by atoms with E-state index in [4.69, 9.17) is 22.4 Å². The second kappa shape index (κ2) is 10.4. The van der Waals surface area contributed by atoms with Gasteiger partial charge in [-0.25, -0.2) is 0 Å². The lowest BCUT2D eigenvalue weighted by molar-refractivity contribution is -0.150. The Kier molecular flexibility index (Phi) is 8.46. The van der Waals surface area contributed by atoms with Crippen LogP contribution in [-0.2, 0) is 4.79 Å². The Morgan fingerprint density at radius 2 is 1.86 bits per heavy atom. The van der Waals surface area contributed by atoms with Crippen LogP contribution >= 0.6 is 23.4 Å². The normalized spacial score (nSPS) is 16.9. The molecular weight excluding hydrogens is 411 g/mol. The third-order valence-corrected chi connectivity index (χ3v) is 6.01. The minimum absolute atomic E-state index is 0.0703. The standard InChI is InChI=1S/C20H23ClF3NO2S/c21-17-4-2-1-3-15(17)13-5-7-14(8-6-13)16(20(22,23)24)9-11-28-12-10-18(25)19(26)27/h1,3,5-8,16,18H,2,4,9-12,25H2,(H,26,27). The zero-order chi connectivity index (χ0) is 20.7. The Bertz CT molecular complexity index is 732. The molecule has 0 fully saturated rings. The van der Waals surface area contributed by atoms with E-state index in [1.54, 1.807) is 12.1 Å². The van der Waals surface area contributed by atoms with E-state index < -0.39 is 24.1 Å². The van der Waals surface area contributed by atoms with E-state index in [0.717, 1.165) is 29.0 Å². The Morgan fingerprint density at radius 3 is 2.43 bits per heavy atom. The topological polar surface area (TPSA) is 63.3 Å². The van der Waals surface area contributed by atoms with Crippen molar-refractivity contribution in [3.63, 3.8) is 0 Å². The lowest BCUT2D eigenvalue weighted by atomic mass is 9.92. The summed E-state index contributed by atoms with van der Waals surface area (Å²) in [4.78, 5) is 10.7. The Morgan fingerprint density at radius 1 is 1.21 bits per heavy atom. The number of hydrogen-bond donors (Lipinski definition) is 2. The number of carboxylic acid groups (broad SMARTS) is 1. The van der Waals surface area contributed by atoms with Crippen LogP contribution in [0.25, 0.3) is 5.57 Å². The van der Waals surface area contributed by atoms with Gasteiger partial charge in [-0.15, -0.1) is 0 Å². The number of allylic oxidation sites excluding steroid dienone is 4. The van der Waals surface area contributed by atoms with Gasteiger partial charge in [-0.3, -0.25) is 4.79 Å². The molecule has 0 saturated carbocycles. The molecule has 0 saturated heterocycles. The highest BCUT2D eigenvalue weighted by atomic mass is 35.5. The number of carbonyl (C=O) groups is 1. The molecule has 1 aromatic carbocycles. The van der Waals surface area contributed by atoms with E-state index in [1.165, 1.54) is 23.9 Å². The highest BCUT2D eigenvalue weighted by molar-refractivity contribution is 7.99. The molecule has 0 bridgehead atoms. The van der Waals surface area contributed by atoms with Crippen molar-refractivity contribution in [1.29, 1.82) is 0 Å². The van der Waals surface area contributed by atoms with Crippen molar-refractivity contribution >= 4 is 34.9 Å². The minimum Gasteiger partial charge on any atom is -0.480 e. The molecule has 0 amide bonds. The van der Waals surface area contributed by atoms with Gasteiger partial charge in [-0.05, 0) is 53.9 Å². The van der Waals surface area contributed by atoms with Gasteiger partial charge in [0.25, 0.3) is 0 Å². The van der Waals surface area contributed by atoms with Crippen molar-refractivity contribution < 1.29 is 23.1 Å². The SMILES string of the molecule is NC(CCSCCC(c1ccc(C2=C(Cl)CCC=C2)cc1)C(F)(F)F)C(=O)O. The van der Waals surface area contributed by atoms with Crippen LogP contribution in [0.5, 0.6) is 0 Å². The number of thioether (sulfide) groups is 1. The van der Waals surface area contributed by atoms with Crippen LogP contribution in [0.1, 0.15) is 42.7 Å². The van der Waals surface area contributed by atoms with Crippen molar-refractivity contribution in [3.8, 4) is 0 Å². The summed E-state index contributed by atoms with van der Waals surface area (Å²) in [5, 5.41) is 9.44. The monoisotopic (exact) mass is 433 g/mol. The lowest BCUT2D eigenvalue weighted by Crippen LogP contribution is -2.30. The molecule has 1 aliphatic carbocycles. The summed E-state index contributed by atoms with van der Waals surface area (Å²) in [6.45, 7) is 0. The molecule has 8 heteroatoms. The second-order valence-corrected chi connectivity index (χ2v) is 8.29. The van der Waals surface area contributed by atoms with Gasteiger partial charge >= 0.3 is 12.1 Å². The molecule has 3 N–H and O–H groups in total. The summed E-state index contributed by atoms with van der Waals surface area (Å²) in [5.74, 6) is -1.97. The van der Waals surface area contributed by atoms with Crippen molar-refractivity contribution in [1.82, 2.24) is 0 Å². The van der Waals surface area contributed by atoms with Gasteiger partial charge in [0.2, 0.25) is 0 Å². The molecule has 2 rings (SSSR count). The fourth-order valence-electron chi connectivity index (χ4n) is 2.94. The first kappa shape index (κ1) is 22.8. The van der Waals surface area contributed by atoms with Gasteiger partial charge < -0.3 is 10.8 Å². The van der Waals surface area contributed by atoms with Gasteiger partial charge in [0.1, 0.15) is 6.04 Å². The molecule has 0 aliphatic heterocycles. The first-order valence-corrected chi connectivity index (χ1v) is 10.5. The van der Waals surface area contributed by atoms with Crippen molar-refractivity contribution in [2.75, 3.05) is 11.5 Å². The molecule has 2 unspecified atom stereocenters. The Balaban J connectivity index is 1.99. The quantitative estimate of drug-likeness (QED) is 0.500. The number of aliphatic carboxylic acids is 1. The summed E-state index contributed by atoms with van der Waals surface area (Å²) in [7, 11) is 0. The summed E-state index contributed by atoms with van der Waals surface area (Å²) in [6.07, 6.45) is 1.32. The molecule has 1 aliphatic rings. The van der Waals surface area contributed by atoms with E-state index >= 15 is 0 Å². The average Bonchev–Trinajstić information content (AvgIpc) is 2.64. The van der Waals surface area contributed by atoms with Crippen molar-refractivity contribution in [2.45, 2.75) is 43.8 Å². The number of nitrogens with two attached hydrogens (primary N) is 1. The highest BCUT2D eigenvalue weighted by Gasteiger charge is 2.40. The zero-order valence-electron chi connectivity index (χ0n) is 15.2. The summed E-state index contributed by atoms with van der Waals surface area (Å²) >= 11 is 7.52. The number of benzene rings is 1. The van der Waals surface area contributed by atoms with Crippen LogP contribution in [0.15, 0.2) is 41.4 Å². The van der Waals surface area contributed by atoms with E-state index in [1.807, 2.05) is 12.2 Å². The van der Waals surface area contributed by atoms with E-state index in [2.05, 4.69) is 0 Å². The van der Waals surface area contributed by atoms with Gasteiger partial charge in [-0.1, -0.05) is 48.0 Å². The zero-order valence-corrected chi connectivity index (χ0v) is 16.8. The fraction of sp³-hybridized carbons (Fsp3) is 0.450. The molecule has 0 radical (unpaired) electrons. The van der Waals surface area contributed by atoms with Crippen LogP contribution in [-0.4, -0.2) is 34.8 Å².